The average Bonchev–Trinajstić information content (AvgIpc) is 3.49. The molecule has 0 aliphatic heterocycles. The molecule has 0 amide bonds. The Labute approximate surface area is 481 Å². The Morgan fingerprint density at radius 2 is 0.769 bits per heavy atom. The Bertz CT molecular complexity index is 4030. The predicted molar refractivity (Wildman–Crippen MR) is 312 cm³/mol. The fraction of sp³-hybridized carbons (Fsp3) is 0.0286. The quantitative estimate of drug-likeness (QED) is 0.126. The van der Waals surface area contributed by atoms with Crippen molar-refractivity contribution in [1.82, 2.24) is 29.9 Å². The van der Waals surface area contributed by atoms with Gasteiger partial charge in [0.25, 0.3) is 0 Å². The zero-order valence-electron chi connectivity index (χ0n) is 42.6. The van der Waals surface area contributed by atoms with Crippen LogP contribution in [0.15, 0.2) is 255 Å². The number of hydrogen-bond acceptors (Lipinski definition) is 6. The number of pyridine rings is 2. The number of hydrogen-bond donors (Lipinski definition) is 0. The molecule has 8 heteroatoms. The summed E-state index contributed by atoms with van der Waals surface area (Å²) < 4.78 is 0. The van der Waals surface area contributed by atoms with Crippen LogP contribution in [-0.4, -0.2) is 29.9 Å². The molecule has 14 aromatic rings. The van der Waals surface area contributed by atoms with Gasteiger partial charge in [0.15, 0.2) is 0 Å². The van der Waals surface area contributed by atoms with Gasteiger partial charge >= 0.3 is 0 Å². The molecular weight excluding hydrogens is 1310 g/mol. The molecule has 78 heavy (non-hydrogen) atoms. The number of benzene rings is 10. The van der Waals surface area contributed by atoms with Crippen molar-refractivity contribution in [2.75, 3.05) is 0 Å². The van der Waals surface area contributed by atoms with Gasteiger partial charge in [0.05, 0.1) is 22.7 Å². The maximum Gasteiger partial charge on any atom is 0.0755 e. The van der Waals surface area contributed by atoms with Crippen molar-refractivity contribution in [3.05, 3.63) is 291 Å². The van der Waals surface area contributed by atoms with E-state index in [0.29, 0.717) is 11.6 Å². The van der Waals surface area contributed by atoms with E-state index in [-0.39, 0.29) is 40.2 Å². The SMILES string of the molecule is Cc1[c-]c(-c2cc3ccccc3cn2)cc(C)c1.[Ir].[Ir].[c-]1ccccc1-c1cc(-c2ccccc2)ccn1.[c-]1ccccc1-c1ncc2cc3ccccc3cc2n1.[c-]1ccccc1-c1ncc2cc3ccccc3cc2n1. The van der Waals surface area contributed by atoms with Crippen molar-refractivity contribution in [2.45, 2.75) is 13.8 Å². The Morgan fingerprint density at radius 1 is 0.321 bits per heavy atom. The fourth-order valence-corrected chi connectivity index (χ4v) is 8.97. The molecule has 14 rings (SSSR count). The molecular formula is C70H48Ir2N6-4. The summed E-state index contributed by atoms with van der Waals surface area (Å²) in [6.45, 7) is 4.17. The van der Waals surface area contributed by atoms with Crippen molar-refractivity contribution in [3.63, 3.8) is 0 Å². The maximum absolute atomic E-state index is 4.65. The largest absolute Gasteiger partial charge is 0.305 e. The van der Waals surface area contributed by atoms with Gasteiger partial charge in [-0.1, -0.05) is 129 Å². The van der Waals surface area contributed by atoms with Gasteiger partial charge in [-0.3, -0.25) is 19.9 Å². The molecule has 0 unspecified atom stereocenters. The van der Waals surface area contributed by atoms with Crippen LogP contribution in [0, 0.1) is 38.1 Å². The van der Waals surface area contributed by atoms with E-state index in [1.807, 2.05) is 152 Å². The Balaban J connectivity index is 0.000000126. The third kappa shape index (κ3) is 13.3. The Kier molecular flexibility index (Phi) is 17.9. The van der Waals surface area contributed by atoms with Crippen LogP contribution in [0.1, 0.15) is 11.1 Å². The molecule has 0 atom stereocenters. The first-order valence-corrected chi connectivity index (χ1v) is 25.1. The first-order chi connectivity index (χ1) is 37.5. The summed E-state index contributed by atoms with van der Waals surface area (Å²) in [5, 5.41) is 9.32. The Morgan fingerprint density at radius 3 is 1.28 bits per heavy atom. The third-order valence-electron chi connectivity index (χ3n) is 12.7. The Hall–Kier alpha value is -8.74. The minimum absolute atomic E-state index is 0. The van der Waals surface area contributed by atoms with E-state index in [4.69, 9.17) is 0 Å². The van der Waals surface area contributed by atoms with E-state index in [0.717, 1.165) is 61.0 Å². The van der Waals surface area contributed by atoms with Crippen LogP contribution in [0.5, 0.6) is 0 Å². The van der Waals surface area contributed by atoms with Gasteiger partial charge in [0.2, 0.25) is 0 Å². The number of nitrogens with zero attached hydrogens (tertiary/aromatic N) is 6. The summed E-state index contributed by atoms with van der Waals surface area (Å²) >= 11 is 0. The summed E-state index contributed by atoms with van der Waals surface area (Å²) in [5.41, 5.74) is 12.6. The molecule has 6 nitrogen and oxygen atoms in total. The molecule has 0 saturated heterocycles. The second-order valence-corrected chi connectivity index (χ2v) is 18.2. The van der Waals surface area contributed by atoms with Crippen molar-refractivity contribution >= 4 is 54.1 Å². The molecule has 4 aromatic heterocycles. The van der Waals surface area contributed by atoms with Crippen LogP contribution in [0.2, 0.25) is 0 Å². The number of fused-ring (bicyclic) bond motifs is 5. The van der Waals surface area contributed by atoms with Gasteiger partial charge < -0.3 is 9.97 Å². The summed E-state index contributed by atoms with van der Waals surface area (Å²) in [6, 6.07) is 90.5. The number of aryl methyl sites for hydroxylation is 2. The summed E-state index contributed by atoms with van der Waals surface area (Å²) in [7, 11) is 0. The molecule has 0 bridgehead atoms. The van der Waals surface area contributed by atoms with E-state index < -0.39 is 0 Å². The van der Waals surface area contributed by atoms with Crippen molar-refractivity contribution in [2.24, 2.45) is 0 Å². The molecule has 380 valence electrons. The summed E-state index contributed by atoms with van der Waals surface area (Å²) in [6.07, 6.45) is 7.53. The first-order valence-electron chi connectivity index (χ1n) is 25.1. The normalized spacial score (nSPS) is 10.5. The van der Waals surface area contributed by atoms with Gasteiger partial charge in [-0.25, -0.2) is 0 Å². The zero-order valence-corrected chi connectivity index (χ0v) is 47.4. The first kappa shape index (κ1) is 54.1. The standard InChI is InChI=1S/2C18H11N2.C17H14N.C17H12N.2Ir/c2*1-2-6-13(7-3-1)18-19-12-16-10-14-8-4-5-9-15(14)11-17(16)20-18;1-12-7-13(2)9-16(8-12)17-10-14-5-3-4-6-15(14)11-18-17;1-3-7-14(8-4-1)16-11-12-18-17(13-16)15-9-5-2-6-10-15;;/h2*1-6,8-12H;3-8,10-11H,1-2H3;1-9,11-13H;;/q4*-1;;. The van der Waals surface area contributed by atoms with Crippen molar-refractivity contribution in [3.8, 4) is 56.4 Å². The van der Waals surface area contributed by atoms with E-state index in [9.17, 15) is 0 Å². The van der Waals surface area contributed by atoms with Gasteiger partial charge in [-0.2, -0.15) is 0 Å². The fourth-order valence-electron chi connectivity index (χ4n) is 8.97. The van der Waals surface area contributed by atoms with Crippen LogP contribution < -0.4 is 0 Å². The van der Waals surface area contributed by atoms with Gasteiger partial charge in [0.1, 0.15) is 0 Å². The molecule has 4 heterocycles. The molecule has 0 spiro atoms. The number of aromatic nitrogens is 6. The average molecular weight is 1360 g/mol. The van der Waals surface area contributed by atoms with Crippen LogP contribution in [0.25, 0.3) is 111 Å². The van der Waals surface area contributed by atoms with E-state index in [2.05, 4.69) is 171 Å². The van der Waals surface area contributed by atoms with E-state index in [1.165, 1.54) is 49.0 Å². The second kappa shape index (κ2) is 25.9. The second-order valence-electron chi connectivity index (χ2n) is 18.2. The molecule has 0 aliphatic carbocycles. The maximum atomic E-state index is 4.65. The summed E-state index contributed by atoms with van der Waals surface area (Å²) in [4.78, 5) is 27.1. The minimum atomic E-state index is 0. The van der Waals surface area contributed by atoms with Crippen LogP contribution >= 0.6 is 0 Å². The molecule has 2 radical (unpaired) electrons. The predicted octanol–water partition coefficient (Wildman–Crippen LogP) is 17.0. The van der Waals surface area contributed by atoms with Crippen molar-refractivity contribution in [1.29, 1.82) is 0 Å². The molecule has 0 N–H and O–H groups in total. The van der Waals surface area contributed by atoms with E-state index in [1.54, 1.807) is 0 Å². The van der Waals surface area contributed by atoms with Gasteiger partial charge in [-0.15, -0.1) is 143 Å². The van der Waals surface area contributed by atoms with Crippen molar-refractivity contribution < 1.29 is 40.2 Å². The molecule has 10 aromatic carbocycles. The number of rotatable bonds is 5. The van der Waals surface area contributed by atoms with Gasteiger partial charge in [-0.05, 0) is 85.2 Å². The molecule has 0 aliphatic rings. The summed E-state index contributed by atoms with van der Waals surface area (Å²) in [5.74, 6) is 1.43. The van der Waals surface area contributed by atoms with Crippen LogP contribution in [-0.2, 0) is 40.2 Å². The monoisotopic (exact) mass is 1360 g/mol. The third-order valence-corrected chi connectivity index (χ3v) is 12.7. The van der Waals surface area contributed by atoms with Crippen LogP contribution in [0.3, 0.4) is 0 Å². The van der Waals surface area contributed by atoms with E-state index >= 15 is 0 Å². The minimum Gasteiger partial charge on any atom is -0.305 e. The zero-order chi connectivity index (χ0) is 51.5. The smallest absolute Gasteiger partial charge is 0.0755 e. The van der Waals surface area contributed by atoms with Crippen LogP contribution in [0.4, 0.5) is 0 Å². The topological polar surface area (TPSA) is 77.3 Å². The van der Waals surface area contributed by atoms with Gasteiger partial charge in [0, 0.05) is 75.8 Å². The molecule has 0 saturated carbocycles. The molecule has 0 fully saturated rings.